The van der Waals surface area contributed by atoms with Crippen LogP contribution in [0.4, 0.5) is 0 Å². The lowest BCUT2D eigenvalue weighted by atomic mass is 10.3. The van der Waals surface area contributed by atoms with Crippen LogP contribution in [0.1, 0.15) is 27.2 Å². The monoisotopic (exact) mass is 216 g/mol. The van der Waals surface area contributed by atoms with E-state index >= 15 is 0 Å². The summed E-state index contributed by atoms with van der Waals surface area (Å²) in [6.07, 6.45) is 0.873. The zero-order valence-corrected chi connectivity index (χ0v) is 10.8. The van der Waals surface area contributed by atoms with Gasteiger partial charge in [-0.1, -0.05) is 6.58 Å². The Hall–Kier alpha value is -0.613. The molecule has 0 aromatic heterocycles. The van der Waals surface area contributed by atoms with Gasteiger partial charge in [-0.3, -0.25) is 0 Å². The molecular weight excluding hydrogens is 196 g/mol. The average Bonchev–Trinajstić information content (AvgIpc) is 2.12. The molecule has 0 radical (unpaired) electrons. The van der Waals surface area contributed by atoms with Gasteiger partial charge in [-0.15, -0.1) is 0 Å². The fraction of sp³-hybridized carbons (Fsp3) is 0.700. The van der Waals surface area contributed by atoms with Crippen molar-refractivity contribution in [2.75, 3.05) is 6.61 Å². The first-order chi connectivity index (χ1) is 6.57. The van der Waals surface area contributed by atoms with Gasteiger partial charge in [0.1, 0.15) is 0 Å². The van der Waals surface area contributed by atoms with Crippen molar-refractivity contribution >= 4 is 15.7 Å². The summed E-state index contributed by atoms with van der Waals surface area (Å²) in [5.74, 6) is -0.296. The fourth-order valence-electron chi connectivity index (χ4n) is 0.959. The van der Waals surface area contributed by atoms with E-state index in [4.69, 9.17) is 9.16 Å². The Balaban J connectivity index is 3.50. The highest BCUT2D eigenvalue weighted by molar-refractivity contribution is 6.26. The third kappa shape index (κ3) is 6.86. The lowest BCUT2D eigenvalue weighted by Gasteiger charge is -2.12. The Morgan fingerprint density at radius 1 is 1.57 bits per heavy atom. The van der Waals surface area contributed by atoms with Crippen molar-refractivity contribution < 1.29 is 14.0 Å². The Labute approximate surface area is 88.4 Å². The summed E-state index contributed by atoms with van der Waals surface area (Å²) in [5.41, 5.74) is 0.457. The Bertz CT molecular complexity index is 192. The molecule has 4 heteroatoms. The van der Waals surface area contributed by atoms with Gasteiger partial charge in [-0.25, -0.2) is 4.79 Å². The normalized spacial score (nSPS) is 13.1. The molecule has 0 aliphatic rings. The van der Waals surface area contributed by atoms with Crippen molar-refractivity contribution in [3.8, 4) is 0 Å². The van der Waals surface area contributed by atoms with Crippen molar-refractivity contribution in [2.24, 2.45) is 0 Å². The van der Waals surface area contributed by atoms with Crippen molar-refractivity contribution in [1.82, 2.24) is 0 Å². The highest BCUT2D eigenvalue weighted by Gasteiger charge is 2.09. The van der Waals surface area contributed by atoms with E-state index in [9.17, 15) is 4.79 Å². The smallest absolute Gasteiger partial charge is 0.333 e. The van der Waals surface area contributed by atoms with Crippen LogP contribution in [0.5, 0.6) is 0 Å². The third-order valence-corrected chi connectivity index (χ3v) is 3.15. The first kappa shape index (κ1) is 13.4. The van der Waals surface area contributed by atoms with Gasteiger partial charge in [0.25, 0.3) is 0 Å². The van der Waals surface area contributed by atoms with Gasteiger partial charge in [0.15, 0.2) is 9.76 Å². The second-order valence-corrected chi connectivity index (χ2v) is 4.86. The topological polar surface area (TPSA) is 35.5 Å². The standard InChI is InChI=1S/C10H20O3Si/c1-5-12-14-7-6-9(4)13-10(11)8(2)3/h9H,2,5-7,14H2,1,3-4H3. The maximum absolute atomic E-state index is 11.1. The number of esters is 1. The summed E-state index contributed by atoms with van der Waals surface area (Å²) in [5, 5.41) is 0. The van der Waals surface area contributed by atoms with Gasteiger partial charge in [0, 0.05) is 12.2 Å². The lowest BCUT2D eigenvalue weighted by molar-refractivity contribution is -0.143. The van der Waals surface area contributed by atoms with E-state index in [1.54, 1.807) is 6.92 Å². The molecule has 0 spiro atoms. The van der Waals surface area contributed by atoms with E-state index in [-0.39, 0.29) is 12.1 Å². The first-order valence-electron chi connectivity index (χ1n) is 5.02. The molecule has 0 bridgehead atoms. The number of hydrogen-bond acceptors (Lipinski definition) is 3. The molecule has 1 unspecified atom stereocenters. The van der Waals surface area contributed by atoms with E-state index in [1.807, 2.05) is 13.8 Å². The second kappa shape index (κ2) is 7.76. The Kier molecular flexibility index (Phi) is 7.42. The summed E-state index contributed by atoms with van der Waals surface area (Å²) in [7, 11) is -0.399. The molecule has 82 valence electrons. The van der Waals surface area contributed by atoms with Crippen molar-refractivity contribution in [1.29, 1.82) is 0 Å². The molecule has 1 atom stereocenters. The predicted molar refractivity (Wildman–Crippen MR) is 60.0 cm³/mol. The van der Waals surface area contributed by atoms with Crippen LogP contribution in [0.15, 0.2) is 12.2 Å². The number of ether oxygens (including phenoxy) is 1. The molecule has 0 aliphatic carbocycles. The number of carbonyl (C=O) groups is 1. The van der Waals surface area contributed by atoms with Crippen molar-refractivity contribution in [2.45, 2.75) is 39.3 Å². The van der Waals surface area contributed by atoms with Gasteiger partial charge < -0.3 is 9.16 Å². The van der Waals surface area contributed by atoms with Gasteiger partial charge >= 0.3 is 5.97 Å². The second-order valence-electron chi connectivity index (χ2n) is 3.34. The van der Waals surface area contributed by atoms with Gasteiger partial charge in [0.05, 0.1) is 6.10 Å². The number of hydrogen-bond donors (Lipinski definition) is 0. The van der Waals surface area contributed by atoms with Crippen LogP contribution >= 0.6 is 0 Å². The maximum Gasteiger partial charge on any atom is 0.333 e. The van der Waals surface area contributed by atoms with Crippen LogP contribution in [-0.2, 0) is 14.0 Å². The van der Waals surface area contributed by atoms with E-state index in [2.05, 4.69) is 6.58 Å². The molecule has 0 aromatic rings. The molecular formula is C10H20O3Si. The summed E-state index contributed by atoms with van der Waals surface area (Å²) in [6.45, 7) is 9.88. The minimum atomic E-state index is -0.399. The van der Waals surface area contributed by atoms with Gasteiger partial charge in [-0.2, -0.15) is 0 Å². The molecule has 0 amide bonds. The maximum atomic E-state index is 11.1. The molecule has 0 saturated heterocycles. The van der Waals surface area contributed by atoms with Crippen LogP contribution in [-0.4, -0.2) is 28.4 Å². The largest absolute Gasteiger partial charge is 0.459 e. The van der Waals surface area contributed by atoms with Gasteiger partial charge in [-0.05, 0) is 33.2 Å². The highest BCUT2D eigenvalue weighted by atomic mass is 28.2. The fourth-order valence-corrected chi connectivity index (χ4v) is 2.19. The van der Waals surface area contributed by atoms with Crippen LogP contribution < -0.4 is 0 Å². The Morgan fingerprint density at radius 3 is 2.71 bits per heavy atom. The molecule has 14 heavy (non-hydrogen) atoms. The van der Waals surface area contributed by atoms with E-state index in [0.717, 1.165) is 19.1 Å². The number of rotatable bonds is 7. The lowest BCUT2D eigenvalue weighted by Crippen LogP contribution is -2.16. The summed E-state index contributed by atoms with van der Waals surface area (Å²) in [6, 6.07) is 1.05. The van der Waals surface area contributed by atoms with Crippen molar-refractivity contribution in [3.05, 3.63) is 12.2 Å². The molecule has 0 N–H and O–H groups in total. The zero-order chi connectivity index (χ0) is 11.0. The number of carbonyl (C=O) groups excluding carboxylic acids is 1. The van der Waals surface area contributed by atoms with E-state index in [1.165, 1.54) is 0 Å². The molecule has 0 heterocycles. The zero-order valence-electron chi connectivity index (χ0n) is 9.34. The summed E-state index contributed by atoms with van der Waals surface area (Å²) in [4.78, 5) is 11.1. The molecule has 3 nitrogen and oxygen atoms in total. The highest BCUT2D eigenvalue weighted by Crippen LogP contribution is 2.04. The molecule has 0 aromatic carbocycles. The van der Waals surface area contributed by atoms with E-state index in [0.29, 0.717) is 5.57 Å². The van der Waals surface area contributed by atoms with Crippen LogP contribution in [0, 0.1) is 0 Å². The minimum absolute atomic E-state index is 0.0212. The average molecular weight is 216 g/mol. The molecule has 0 aliphatic heterocycles. The van der Waals surface area contributed by atoms with Crippen LogP contribution in [0.3, 0.4) is 0 Å². The first-order valence-corrected chi connectivity index (χ1v) is 6.59. The van der Waals surface area contributed by atoms with Crippen molar-refractivity contribution in [3.63, 3.8) is 0 Å². The molecule has 0 rings (SSSR count). The Morgan fingerprint density at radius 2 is 2.21 bits per heavy atom. The van der Waals surface area contributed by atoms with Crippen LogP contribution in [0.25, 0.3) is 0 Å². The summed E-state index contributed by atoms with van der Waals surface area (Å²) < 4.78 is 10.4. The molecule has 0 fully saturated rings. The quantitative estimate of drug-likeness (QED) is 0.279. The van der Waals surface area contributed by atoms with E-state index < -0.39 is 9.76 Å². The SMILES string of the molecule is C=C(C)C(=O)OC(C)CC[SiH2]OCC. The third-order valence-electron chi connectivity index (χ3n) is 1.76. The predicted octanol–water partition coefficient (Wildman–Crippen LogP) is 1.42. The molecule has 0 saturated carbocycles. The minimum Gasteiger partial charge on any atom is -0.459 e. The van der Waals surface area contributed by atoms with Crippen LogP contribution in [0.2, 0.25) is 6.04 Å². The van der Waals surface area contributed by atoms with Gasteiger partial charge in [0.2, 0.25) is 0 Å². The summed E-state index contributed by atoms with van der Waals surface area (Å²) >= 11 is 0.